The predicted molar refractivity (Wildman–Crippen MR) is 74.4 cm³/mol. The normalized spacial score (nSPS) is 12.0. The SMILES string of the molecule is C#CCC(C)NC(=O)c1ccc2nc(N)sc2c1. The van der Waals surface area contributed by atoms with Gasteiger partial charge in [-0.15, -0.1) is 12.3 Å². The maximum atomic E-state index is 12.0. The predicted octanol–water partition coefficient (Wildman–Crippen LogP) is 2.02. The average molecular weight is 259 g/mol. The van der Waals surface area contributed by atoms with Crippen molar-refractivity contribution in [3.8, 4) is 12.3 Å². The monoisotopic (exact) mass is 259 g/mol. The Morgan fingerprint density at radius 2 is 2.44 bits per heavy atom. The van der Waals surface area contributed by atoms with E-state index in [1.54, 1.807) is 18.2 Å². The second kappa shape index (κ2) is 5.07. The van der Waals surface area contributed by atoms with Crippen molar-refractivity contribution in [2.45, 2.75) is 19.4 Å². The van der Waals surface area contributed by atoms with Gasteiger partial charge in [-0.2, -0.15) is 0 Å². The third-order valence-electron chi connectivity index (χ3n) is 2.47. The highest BCUT2D eigenvalue weighted by Crippen LogP contribution is 2.24. The topological polar surface area (TPSA) is 68.0 Å². The summed E-state index contributed by atoms with van der Waals surface area (Å²) < 4.78 is 0.907. The molecule has 0 spiro atoms. The fraction of sp³-hybridized carbons (Fsp3) is 0.231. The number of nitrogens with one attached hydrogen (secondary N) is 1. The van der Waals surface area contributed by atoms with Gasteiger partial charge in [0.15, 0.2) is 5.13 Å². The van der Waals surface area contributed by atoms with Crippen LogP contribution in [-0.2, 0) is 0 Å². The number of nitrogens with zero attached hydrogens (tertiary/aromatic N) is 1. The summed E-state index contributed by atoms with van der Waals surface area (Å²) in [5.74, 6) is 2.39. The van der Waals surface area contributed by atoms with Crippen LogP contribution in [0.5, 0.6) is 0 Å². The van der Waals surface area contributed by atoms with Gasteiger partial charge in [0.25, 0.3) is 5.91 Å². The highest BCUT2D eigenvalue weighted by atomic mass is 32.1. The molecule has 1 heterocycles. The molecule has 0 aliphatic rings. The fourth-order valence-corrected chi connectivity index (χ4v) is 2.39. The highest BCUT2D eigenvalue weighted by molar-refractivity contribution is 7.22. The van der Waals surface area contributed by atoms with Gasteiger partial charge in [-0.05, 0) is 25.1 Å². The molecule has 2 aromatic rings. The number of anilines is 1. The molecule has 0 aliphatic heterocycles. The van der Waals surface area contributed by atoms with Crippen LogP contribution in [0, 0.1) is 12.3 Å². The van der Waals surface area contributed by atoms with E-state index in [9.17, 15) is 4.79 Å². The molecule has 2 rings (SSSR count). The first-order valence-corrected chi connectivity index (χ1v) is 6.32. The fourth-order valence-electron chi connectivity index (χ4n) is 1.62. The van der Waals surface area contributed by atoms with Crippen molar-refractivity contribution < 1.29 is 4.79 Å². The summed E-state index contributed by atoms with van der Waals surface area (Å²) >= 11 is 1.37. The number of rotatable bonds is 3. The van der Waals surface area contributed by atoms with Crippen LogP contribution >= 0.6 is 11.3 Å². The Bertz CT molecular complexity index is 627. The number of hydrogen-bond donors (Lipinski definition) is 2. The maximum Gasteiger partial charge on any atom is 0.251 e. The molecule has 1 aromatic heterocycles. The minimum absolute atomic E-state index is 0.0373. The number of terminal acetylenes is 1. The van der Waals surface area contributed by atoms with Gasteiger partial charge < -0.3 is 11.1 Å². The molecule has 1 atom stereocenters. The Balaban J connectivity index is 2.20. The number of aromatic nitrogens is 1. The second-order valence-corrected chi connectivity index (χ2v) is 5.08. The molecule has 0 radical (unpaired) electrons. The second-order valence-electron chi connectivity index (χ2n) is 4.02. The smallest absolute Gasteiger partial charge is 0.251 e. The van der Waals surface area contributed by atoms with E-state index in [4.69, 9.17) is 12.2 Å². The number of nitrogen functional groups attached to an aromatic ring is 1. The summed E-state index contributed by atoms with van der Waals surface area (Å²) in [5, 5.41) is 3.34. The largest absolute Gasteiger partial charge is 0.375 e. The molecule has 1 amide bonds. The number of hydrogen-bond acceptors (Lipinski definition) is 4. The summed E-state index contributed by atoms with van der Waals surface area (Å²) in [6.45, 7) is 1.88. The number of carbonyl (C=O) groups excluding carboxylic acids is 1. The summed E-state index contributed by atoms with van der Waals surface area (Å²) in [5.41, 5.74) is 7.03. The zero-order valence-electron chi connectivity index (χ0n) is 9.93. The number of thiazole rings is 1. The van der Waals surface area contributed by atoms with Crippen molar-refractivity contribution in [3.63, 3.8) is 0 Å². The third-order valence-corrected chi connectivity index (χ3v) is 3.32. The molecule has 18 heavy (non-hydrogen) atoms. The Labute approximate surface area is 109 Å². The first-order chi connectivity index (χ1) is 8.60. The highest BCUT2D eigenvalue weighted by Gasteiger charge is 2.10. The van der Waals surface area contributed by atoms with E-state index in [2.05, 4.69) is 16.2 Å². The van der Waals surface area contributed by atoms with Crippen LogP contribution in [0.1, 0.15) is 23.7 Å². The van der Waals surface area contributed by atoms with Crippen molar-refractivity contribution in [1.29, 1.82) is 0 Å². The Hall–Kier alpha value is -2.06. The molecule has 0 fully saturated rings. The molecule has 5 heteroatoms. The minimum Gasteiger partial charge on any atom is -0.375 e. The number of amides is 1. The van der Waals surface area contributed by atoms with Gasteiger partial charge in [0.1, 0.15) is 0 Å². The molecule has 0 saturated carbocycles. The molecule has 0 saturated heterocycles. The van der Waals surface area contributed by atoms with E-state index in [0.717, 1.165) is 10.2 Å². The minimum atomic E-state index is -0.133. The lowest BCUT2D eigenvalue weighted by Gasteiger charge is -2.10. The van der Waals surface area contributed by atoms with E-state index in [0.29, 0.717) is 17.1 Å². The summed E-state index contributed by atoms with van der Waals surface area (Å²) in [6, 6.07) is 5.29. The van der Waals surface area contributed by atoms with Gasteiger partial charge in [0.05, 0.1) is 10.2 Å². The van der Waals surface area contributed by atoms with Crippen molar-refractivity contribution in [3.05, 3.63) is 23.8 Å². The van der Waals surface area contributed by atoms with Crippen LogP contribution < -0.4 is 11.1 Å². The molecule has 4 nitrogen and oxygen atoms in total. The molecule has 3 N–H and O–H groups in total. The van der Waals surface area contributed by atoms with E-state index >= 15 is 0 Å². The average Bonchev–Trinajstić information content (AvgIpc) is 2.68. The van der Waals surface area contributed by atoms with Gasteiger partial charge in [-0.3, -0.25) is 4.79 Å². The van der Waals surface area contributed by atoms with E-state index in [1.807, 2.05) is 6.92 Å². The Morgan fingerprint density at radius 3 is 3.17 bits per heavy atom. The molecular formula is C13H13N3OS. The van der Waals surface area contributed by atoms with Gasteiger partial charge in [-0.25, -0.2) is 4.98 Å². The quantitative estimate of drug-likeness (QED) is 0.829. The molecule has 0 aliphatic carbocycles. The van der Waals surface area contributed by atoms with Gasteiger partial charge in [-0.1, -0.05) is 11.3 Å². The first-order valence-electron chi connectivity index (χ1n) is 5.50. The molecular weight excluding hydrogens is 246 g/mol. The molecule has 1 unspecified atom stereocenters. The number of benzene rings is 1. The van der Waals surface area contributed by atoms with Crippen LogP contribution in [0.15, 0.2) is 18.2 Å². The number of carbonyl (C=O) groups is 1. The Kier molecular flexibility index (Phi) is 3.49. The van der Waals surface area contributed by atoms with Crippen LogP contribution in [0.3, 0.4) is 0 Å². The van der Waals surface area contributed by atoms with Crippen LogP contribution in [0.2, 0.25) is 0 Å². The lowest BCUT2D eigenvalue weighted by Crippen LogP contribution is -2.32. The lowest BCUT2D eigenvalue weighted by atomic mass is 10.1. The van der Waals surface area contributed by atoms with E-state index in [-0.39, 0.29) is 11.9 Å². The number of nitrogens with two attached hydrogens (primary N) is 1. The molecule has 92 valence electrons. The van der Waals surface area contributed by atoms with Crippen molar-refractivity contribution >= 4 is 32.6 Å². The van der Waals surface area contributed by atoms with Crippen LogP contribution in [0.25, 0.3) is 10.2 Å². The van der Waals surface area contributed by atoms with Crippen molar-refractivity contribution in [2.24, 2.45) is 0 Å². The Morgan fingerprint density at radius 1 is 1.67 bits per heavy atom. The zero-order valence-corrected chi connectivity index (χ0v) is 10.8. The summed E-state index contributed by atoms with van der Waals surface area (Å²) in [4.78, 5) is 16.1. The van der Waals surface area contributed by atoms with Gasteiger partial charge in [0.2, 0.25) is 0 Å². The van der Waals surface area contributed by atoms with E-state index < -0.39 is 0 Å². The zero-order chi connectivity index (χ0) is 13.1. The first kappa shape index (κ1) is 12.4. The van der Waals surface area contributed by atoms with Crippen LogP contribution in [0.4, 0.5) is 5.13 Å². The van der Waals surface area contributed by atoms with Gasteiger partial charge in [0, 0.05) is 18.0 Å². The summed E-state index contributed by atoms with van der Waals surface area (Å²) in [6.07, 6.45) is 5.71. The third kappa shape index (κ3) is 2.60. The molecule has 1 aromatic carbocycles. The van der Waals surface area contributed by atoms with Crippen molar-refractivity contribution in [2.75, 3.05) is 5.73 Å². The number of fused-ring (bicyclic) bond motifs is 1. The van der Waals surface area contributed by atoms with Gasteiger partial charge >= 0.3 is 0 Å². The standard InChI is InChI=1S/C13H13N3OS/c1-3-4-8(2)15-12(17)9-5-6-10-11(7-9)18-13(14)16-10/h1,5-8H,4H2,2H3,(H2,14,16)(H,15,17). The van der Waals surface area contributed by atoms with E-state index in [1.165, 1.54) is 11.3 Å². The van der Waals surface area contributed by atoms with Crippen LogP contribution in [-0.4, -0.2) is 16.9 Å². The van der Waals surface area contributed by atoms with Crippen molar-refractivity contribution in [1.82, 2.24) is 10.3 Å². The maximum absolute atomic E-state index is 12.0. The lowest BCUT2D eigenvalue weighted by molar-refractivity contribution is 0.0941. The summed E-state index contributed by atoms with van der Waals surface area (Å²) in [7, 11) is 0. The molecule has 0 bridgehead atoms.